The van der Waals surface area contributed by atoms with Crippen molar-refractivity contribution in [2.75, 3.05) is 30.9 Å². The number of nitrogens with zero attached hydrogens (tertiary/aromatic N) is 3. The van der Waals surface area contributed by atoms with E-state index in [0.29, 0.717) is 5.65 Å². The monoisotopic (exact) mass is 253 g/mol. The Bertz CT molecular complexity index is 529. The summed E-state index contributed by atoms with van der Waals surface area (Å²) in [5.41, 5.74) is 4.86. The van der Waals surface area contributed by atoms with Crippen molar-refractivity contribution in [1.29, 1.82) is 0 Å². The zero-order valence-electron chi connectivity index (χ0n) is 9.61. The number of nitrogen functional groups attached to an aromatic ring is 1. The van der Waals surface area contributed by atoms with E-state index in [1.807, 2.05) is 0 Å². The quantitative estimate of drug-likeness (QED) is 0.435. The highest BCUT2D eigenvalue weighted by molar-refractivity contribution is 5.65. The van der Waals surface area contributed by atoms with Crippen molar-refractivity contribution < 1.29 is 15.3 Å². The molecule has 0 saturated carbocycles. The van der Waals surface area contributed by atoms with E-state index >= 15 is 0 Å². The maximum atomic E-state index is 9.26. The van der Waals surface area contributed by atoms with Gasteiger partial charge >= 0.3 is 0 Å². The van der Waals surface area contributed by atoms with Crippen LogP contribution in [0.3, 0.4) is 0 Å². The maximum absolute atomic E-state index is 9.26. The van der Waals surface area contributed by atoms with E-state index in [1.165, 1.54) is 0 Å². The molecule has 8 nitrogen and oxygen atoms in total. The number of hydrogen-bond acceptors (Lipinski definition) is 7. The molecule has 0 spiro atoms. The normalized spacial score (nSPS) is 11.9. The molecule has 0 aliphatic rings. The lowest BCUT2D eigenvalue weighted by atomic mass is 10.0. The molecule has 98 valence electrons. The van der Waals surface area contributed by atoms with E-state index < -0.39 is 25.4 Å². The lowest BCUT2D eigenvalue weighted by Crippen LogP contribution is -2.49. The van der Waals surface area contributed by atoms with Gasteiger partial charge in [-0.1, -0.05) is 0 Å². The molecule has 0 atom stereocenters. The Morgan fingerprint density at radius 2 is 1.94 bits per heavy atom. The molecular weight excluding hydrogens is 238 g/mol. The molecule has 0 aliphatic carbocycles. The number of aliphatic hydroxyl groups excluding tert-OH is 3. The first-order chi connectivity index (χ1) is 8.64. The number of rotatable bonds is 5. The van der Waals surface area contributed by atoms with Gasteiger partial charge in [-0.25, -0.2) is 9.97 Å². The van der Waals surface area contributed by atoms with Gasteiger partial charge in [0.05, 0.1) is 26.0 Å². The Labute approximate surface area is 103 Å². The third-order valence-corrected chi connectivity index (χ3v) is 2.68. The molecule has 0 bridgehead atoms. The first-order valence-corrected chi connectivity index (χ1v) is 5.34. The van der Waals surface area contributed by atoms with Gasteiger partial charge in [-0.05, 0) is 0 Å². The Morgan fingerprint density at radius 3 is 2.56 bits per heavy atom. The summed E-state index contributed by atoms with van der Waals surface area (Å²) >= 11 is 0. The van der Waals surface area contributed by atoms with Gasteiger partial charge in [0, 0.05) is 12.4 Å². The SMILES string of the molecule is Nc1cn2ccnc2c(NC(CO)(CO)CO)n1. The molecule has 6 N–H and O–H groups in total. The molecule has 2 aromatic rings. The van der Waals surface area contributed by atoms with E-state index in [2.05, 4.69) is 15.3 Å². The predicted molar refractivity (Wildman–Crippen MR) is 65.0 cm³/mol. The van der Waals surface area contributed by atoms with Gasteiger partial charge in [-0.2, -0.15) is 0 Å². The fourth-order valence-corrected chi connectivity index (χ4v) is 1.55. The Balaban J connectivity index is 2.44. The van der Waals surface area contributed by atoms with Gasteiger partial charge in [0.15, 0.2) is 11.5 Å². The van der Waals surface area contributed by atoms with Crippen LogP contribution in [0.4, 0.5) is 11.6 Å². The van der Waals surface area contributed by atoms with Gasteiger partial charge in [-0.15, -0.1) is 0 Å². The number of hydrogen-bond donors (Lipinski definition) is 5. The minimum atomic E-state index is -1.27. The lowest BCUT2D eigenvalue weighted by Gasteiger charge is -2.29. The summed E-state index contributed by atoms with van der Waals surface area (Å²) in [6, 6.07) is 0. The smallest absolute Gasteiger partial charge is 0.180 e. The van der Waals surface area contributed by atoms with E-state index in [4.69, 9.17) is 5.73 Å². The van der Waals surface area contributed by atoms with Crippen molar-refractivity contribution in [3.8, 4) is 0 Å². The van der Waals surface area contributed by atoms with Crippen molar-refractivity contribution in [2.45, 2.75) is 5.54 Å². The average Bonchev–Trinajstić information content (AvgIpc) is 2.84. The number of aliphatic hydroxyl groups is 3. The van der Waals surface area contributed by atoms with Crippen LogP contribution in [0.5, 0.6) is 0 Å². The predicted octanol–water partition coefficient (Wildman–Crippen LogP) is -1.56. The molecule has 0 fully saturated rings. The van der Waals surface area contributed by atoms with Crippen LogP contribution >= 0.6 is 0 Å². The maximum Gasteiger partial charge on any atom is 0.180 e. The van der Waals surface area contributed by atoms with Crippen LogP contribution in [0.1, 0.15) is 0 Å². The zero-order valence-corrected chi connectivity index (χ0v) is 9.61. The molecule has 2 heterocycles. The first kappa shape index (κ1) is 12.6. The van der Waals surface area contributed by atoms with Gasteiger partial charge in [-0.3, -0.25) is 0 Å². The minimum Gasteiger partial charge on any atom is -0.394 e. The highest BCUT2D eigenvalue weighted by Gasteiger charge is 2.29. The molecule has 8 heteroatoms. The van der Waals surface area contributed by atoms with Gasteiger partial charge in [0.2, 0.25) is 0 Å². The summed E-state index contributed by atoms with van der Waals surface area (Å²) in [5.74, 6) is 0.544. The molecule has 0 aliphatic heterocycles. The lowest BCUT2D eigenvalue weighted by molar-refractivity contribution is 0.0832. The summed E-state index contributed by atoms with van der Waals surface area (Å²) in [5, 5.41) is 30.6. The Kier molecular flexibility index (Phi) is 3.32. The largest absolute Gasteiger partial charge is 0.394 e. The molecule has 0 unspecified atom stereocenters. The standard InChI is InChI=1S/C10H15N5O3/c11-7-3-15-2-1-12-9(15)8(13-7)14-10(4-16,5-17)6-18/h1-3,16-18H,4-6,11H2,(H,13,14). The third-order valence-electron chi connectivity index (χ3n) is 2.68. The van der Waals surface area contributed by atoms with Crippen molar-refractivity contribution in [3.63, 3.8) is 0 Å². The van der Waals surface area contributed by atoms with Crippen molar-refractivity contribution in [2.24, 2.45) is 0 Å². The molecule has 2 aromatic heterocycles. The van der Waals surface area contributed by atoms with Crippen LogP contribution in [-0.2, 0) is 0 Å². The highest BCUT2D eigenvalue weighted by Crippen LogP contribution is 2.19. The summed E-state index contributed by atoms with van der Waals surface area (Å²) in [4.78, 5) is 8.14. The van der Waals surface area contributed by atoms with Gasteiger partial charge in [0.1, 0.15) is 11.4 Å². The van der Waals surface area contributed by atoms with E-state index in [9.17, 15) is 15.3 Å². The number of imidazole rings is 1. The Hall–Kier alpha value is -1.90. The van der Waals surface area contributed by atoms with E-state index in [1.54, 1.807) is 23.0 Å². The van der Waals surface area contributed by atoms with Crippen LogP contribution in [0, 0.1) is 0 Å². The summed E-state index contributed by atoms with van der Waals surface area (Å²) in [7, 11) is 0. The molecule has 0 saturated heterocycles. The van der Waals surface area contributed by atoms with Gasteiger partial charge < -0.3 is 30.8 Å². The number of nitrogens with one attached hydrogen (secondary N) is 1. The molecule has 0 aromatic carbocycles. The van der Waals surface area contributed by atoms with Crippen LogP contribution in [0.2, 0.25) is 0 Å². The number of nitrogens with two attached hydrogens (primary N) is 1. The first-order valence-electron chi connectivity index (χ1n) is 5.34. The van der Waals surface area contributed by atoms with Crippen molar-refractivity contribution >= 4 is 17.3 Å². The number of aromatic nitrogens is 3. The second-order valence-corrected chi connectivity index (χ2v) is 4.05. The summed E-state index contributed by atoms with van der Waals surface area (Å²) in [6.07, 6.45) is 4.85. The minimum absolute atomic E-state index is 0.255. The fraction of sp³-hybridized carbons (Fsp3) is 0.400. The van der Waals surface area contributed by atoms with Crippen LogP contribution in [0.25, 0.3) is 5.65 Å². The van der Waals surface area contributed by atoms with Crippen LogP contribution < -0.4 is 11.1 Å². The highest BCUT2D eigenvalue weighted by atomic mass is 16.3. The number of fused-ring (bicyclic) bond motifs is 1. The van der Waals surface area contributed by atoms with Crippen molar-refractivity contribution in [3.05, 3.63) is 18.6 Å². The third kappa shape index (κ3) is 2.08. The molecule has 2 rings (SSSR count). The second kappa shape index (κ2) is 4.77. The van der Waals surface area contributed by atoms with Crippen LogP contribution in [-0.4, -0.2) is 55.0 Å². The van der Waals surface area contributed by atoms with E-state index in [0.717, 1.165) is 0 Å². The topological polar surface area (TPSA) is 129 Å². The van der Waals surface area contributed by atoms with Crippen molar-refractivity contribution in [1.82, 2.24) is 14.4 Å². The van der Waals surface area contributed by atoms with E-state index in [-0.39, 0.29) is 11.6 Å². The molecule has 18 heavy (non-hydrogen) atoms. The fourth-order valence-electron chi connectivity index (χ4n) is 1.55. The molecule has 0 amide bonds. The summed E-state index contributed by atoms with van der Waals surface area (Å²) < 4.78 is 1.65. The summed E-state index contributed by atoms with van der Waals surface area (Å²) in [6.45, 7) is -1.37. The number of anilines is 2. The Morgan fingerprint density at radius 1 is 1.28 bits per heavy atom. The molecular formula is C10H15N5O3. The molecule has 0 radical (unpaired) electrons. The zero-order chi connectivity index (χ0) is 13.2. The second-order valence-electron chi connectivity index (χ2n) is 4.05. The van der Waals surface area contributed by atoms with Crippen LogP contribution in [0.15, 0.2) is 18.6 Å². The van der Waals surface area contributed by atoms with Gasteiger partial charge in [0.25, 0.3) is 0 Å². The average molecular weight is 253 g/mol.